The van der Waals surface area contributed by atoms with E-state index in [0.29, 0.717) is 6.42 Å². The van der Waals surface area contributed by atoms with E-state index in [0.717, 1.165) is 0 Å². The second kappa shape index (κ2) is 2.56. The number of rotatable bonds is 1. The molecule has 0 aromatic heterocycles. The third-order valence-electron chi connectivity index (χ3n) is 1.75. The summed E-state index contributed by atoms with van der Waals surface area (Å²) in [7, 11) is 1.75. The van der Waals surface area contributed by atoms with Crippen molar-refractivity contribution in [3.05, 3.63) is 0 Å². The summed E-state index contributed by atoms with van der Waals surface area (Å²) >= 11 is 0. The van der Waals surface area contributed by atoms with Crippen LogP contribution in [-0.4, -0.2) is 35.2 Å². The Bertz CT molecular complexity index is 147. The van der Waals surface area contributed by atoms with E-state index in [4.69, 9.17) is 5.11 Å². The molecule has 0 aromatic carbocycles. The minimum Gasteiger partial charge on any atom is -0.392 e. The van der Waals surface area contributed by atoms with Gasteiger partial charge >= 0.3 is 0 Å². The van der Waals surface area contributed by atoms with Crippen molar-refractivity contribution in [1.29, 1.82) is 0 Å². The standard InChI is InChI=1S/C6H12N2O2/c1-4(9)5-3-6(10)7-8(5)2/h4-5,9H,3H2,1-2H3,(H,7,10)/t4-,5+/m1/s1. The SMILES string of the molecule is C[C@@H](O)[C@@H]1CC(=O)NN1C. The highest BCUT2D eigenvalue weighted by Crippen LogP contribution is 2.10. The molecule has 1 rings (SSSR count). The number of carbonyl (C=O) groups excluding carboxylic acids is 1. The molecule has 4 heteroatoms. The fourth-order valence-electron chi connectivity index (χ4n) is 1.15. The van der Waals surface area contributed by atoms with Crippen molar-refractivity contribution in [2.24, 2.45) is 0 Å². The van der Waals surface area contributed by atoms with Gasteiger partial charge in [0, 0.05) is 13.5 Å². The Hall–Kier alpha value is -0.610. The van der Waals surface area contributed by atoms with Crippen molar-refractivity contribution >= 4 is 5.91 Å². The van der Waals surface area contributed by atoms with Crippen molar-refractivity contribution in [3.8, 4) is 0 Å². The van der Waals surface area contributed by atoms with Crippen molar-refractivity contribution in [3.63, 3.8) is 0 Å². The molecule has 0 bridgehead atoms. The van der Waals surface area contributed by atoms with Gasteiger partial charge in [-0.1, -0.05) is 0 Å². The minimum absolute atomic E-state index is 0.0200. The molecule has 2 atom stereocenters. The van der Waals surface area contributed by atoms with E-state index in [9.17, 15) is 4.79 Å². The molecule has 0 unspecified atom stereocenters. The molecule has 1 aliphatic rings. The third-order valence-corrected chi connectivity index (χ3v) is 1.75. The predicted molar refractivity (Wildman–Crippen MR) is 36.0 cm³/mol. The Morgan fingerprint density at radius 3 is 2.70 bits per heavy atom. The first-order valence-corrected chi connectivity index (χ1v) is 3.31. The summed E-state index contributed by atoms with van der Waals surface area (Å²) in [5, 5.41) is 10.8. The molecule has 1 saturated heterocycles. The molecule has 58 valence electrons. The van der Waals surface area contributed by atoms with Gasteiger partial charge in [0.25, 0.3) is 0 Å². The van der Waals surface area contributed by atoms with Gasteiger partial charge in [-0.25, -0.2) is 5.01 Å². The zero-order chi connectivity index (χ0) is 7.72. The van der Waals surface area contributed by atoms with Crippen LogP contribution in [0.4, 0.5) is 0 Å². The average Bonchev–Trinajstić information content (AvgIpc) is 2.10. The van der Waals surface area contributed by atoms with Crippen LogP contribution < -0.4 is 5.43 Å². The topological polar surface area (TPSA) is 52.6 Å². The molecule has 1 aliphatic heterocycles. The summed E-state index contributed by atoms with van der Waals surface area (Å²) in [5.41, 5.74) is 2.58. The van der Waals surface area contributed by atoms with Gasteiger partial charge in [0.15, 0.2) is 0 Å². The number of aliphatic hydroxyl groups is 1. The molecular formula is C6H12N2O2. The van der Waals surface area contributed by atoms with Crippen LogP contribution in [0.5, 0.6) is 0 Å². The first-order chi connectivity index (χ1) is 4.61. The Balaban J connectivity index is 2.54. The summed E-state index contributed by atoms with van der Waals surface area (Å²) < 4.78 is 0. The maximum absolute atomic E-state index is 10.7. The van der Waals surface area contributed by atoms with Gasteiger partial charge in [-0.05, 0) is 6.92 Å². The highest BCUT2D eigenvalue weighted by atomic mass is 16.3. The number of hydrazine groups is 1. The molecule has 1 amide bonds. The minimum atomic E-state index is -0.455. The van der Waals surface area contributed by atoms with Crippen molar-refractivity contribution in [1.82, 2.24) is 10.4 Å². The maximum Gasteiger partial charge on any atom is 0.236 e. The van der Waals surface area contributed by atoms with Crippen LogP contribution in [0.3, 0.4) is 0 Å². The zero-order valence-corrected chi connectivity index (χ0v) is 6.16. The number of aliphatic hydroxyl groups excluding tert-OH is 1. The molecule has 0 spiro atoms. The number of nitrogens with one attached hydrogen (secondary N) is 1. The lowest BCUT2D eigenvalue weighted by molar-refractivity contribution is -0.120. The highest BCUT2D eigenvalue weighted by Gasteiger charge is 2.30. The van der Waals surface area contributed by atoms with E-state index >= 15 is 0 Å². The maximum atomic E-state index is 10.7. The molecule has 2 N–H and O–H groups in total. The summed E-state index contributed by atoms with van der Waals surface area (Å²) in [4.78, 5) is 10.7. The summed E-state index contributed by atoms with van der Waals surface area (Å²) in [6.45, 7) is 1.68. The van der Waals surface area contributed by atoms with Gasteiger partial charge in [0.2, 0.25) is 5.91 Å². The second-order valence-electron chi connectivity index (χ2n) is 2.66. The Morgan fingerprint density at radius 1 is 1.90 bits per heavy atom. The molecule has 1 fully saturated rings. The van der Waals surface area contributed by atoms with E-state index in [1.807, 2.05) is 0 Å². The quantitative estimate of drug-likeness (QED) is 0.501. The lowest BCUT2D eigenvalue weighted by atomic mass is 10.1. The van der Waals surface area contributed by atoms with Crippen LogP contribution in [0, 0.1) is 0 Å². The largest absolute Gasteiger partial charge is 0.392 e. The van der Waals surface area contributed by atoms with Crippen LogP contribution in [-0.2, 0) is 4.79 Å². The molecule has 0 saturated carbocycles. The molecule has 0 radical (unpaired) electrons. The number of carbonyl (C=O) groups is 1. The number of likely N-dealkylation sites (N-methyl/N-ethyl adjacent to an activating group) is 1. The molecular weight excluding hydrogens is 132 g/mol. The van der Waals surface area contributed by atoms with E-state index in [-0.39, 0.29) is 11.9 Å². The van der Waals surface area contributed by atoms with Crippen LogP contribution in [0.15, 0.2) is 0 Å². The van der Waals surface area contributed by atoms with Gasteiger partial charge in [-0.2, -0.15) is 0 Å². The van der Waals surface area contributed by atoms with Crippen molar-refractivity contribution in [2.45, 2.75) is 25.5 Å². The monoisotopic (exact) mass is 144 g/mol. The number of hydrogen-bond acceptors (Lipinski definition) is 3. The second-order valence-corrected chi connectivity index (χ2v) is 2.66. The van der Waals surface area contributed by atoms with Crippen molar-refractivity contribution in [2.75, 3.05) is 7.05 Å². The van der Waals surface area contributed by atoms with E-state index in [2.05, 4.69) is 5.43 Å². The number of amides is 1. The Kier molecular flexibility index (Phi) is 1.92. The lowest BCUT2D eigenvalue weighted by Crippen LogP contribution is -2.39. The predicted octanol–water partition coefficient (Wildman–Crippen LogP) is -0.897. The third kappa shape index (κ3) is 1.27. The molecule has 4 nitrogen and oxygen atoms in total. The summed E-state index contributed by atoms with van der Waals surface area (Å²) in [5.74, 6) is -0.0200. The zero-order valence-electron chi connectivity index (χ0n) is 6.16. The lowest BCUT2D eigenvalue weighted by Gasteiger charge is -2.19. The first kappa shape index (κ1) is 7.50. The Morgan fingerprint density at radius 2 is 2.50 bits per heavy atom. The van der Waals surface area contributed by atoms with Crippen LogP contribution in [0.1, 0.15) is 13.3 Å². The fourth-order valence-corrected chi connectivity index (χ4v) is 1.15. The Labute approximate surface area is 59.8 Å². The van der Waals surface area contributed by atoms with E-state index in [1.54, 1.807) is 19.0 Å². The van der Waals surface area contributed by atoms with Gasteiger partial charge in [-0.15, -0.1) is 0 Å². The number of nitrogens with zero attached hydrogens (tertiary/aromatic N) is 1. The normalized spacial score (nSPS) is 30.3. The summed E-state index contributed by atoms with van der Waals surface area (Å²) in [6.07, 6.45) is -0.0577. The first-order valence-electron chi connectivity index (χ1n) is 3.31. The molecule has 0 aromatic rings. The van der Waals surface area contributed by atoms with Crippen LogP contribution in [0.2, 0.25) is 0 Å². The van der Waals surface area contributed by atoms with Crippen molar-refractivity contribution < 1.29 is 9.90 Å². The van der Waals surface area contributed by atoms with Gasteiger partial charge in [-0.3, -0.25) is 10.2 Å². The molecule has 10 heavy (non-hydrogen) atoms. The molecule has 1 heterocycles. The molecule has 0 aliphatic carbocycles. The number of hydrogen-bond donors (Lipinski definition) is 2. The summed E-state index contributed by atoms with van der Waals surface area (Å²) in [6, 6.07) is -0.0625. The van der Waals surface area contributed by atoms with E-state index in [1.165, 1.54) is 0 Å². The highest BCUT2D eigenvalue weighted by molar-refractivity contribution is 5.78. The van der Waals surface area contributed by atoms with Crippen LogP contribution >= 0.6 is 0 Å². The van der Waals surface area contributed by atoms with Gasteiger partial charge < -0.3 is 5.11 Å². The average molecular weight is 144 g/mol. The van der Waals surface area contributed by atoms with Crippen LogP contribution in [0.25, 0.3) is 0 Å². The van der Waals surface area contributed by atoms with Gasteiger partial charge in [0.1, 0.15) is 0 Å². The van der Waals surface area contributed by atoms with Gasteiger partial charge in [0.05, 0.1) is 12.1 Å². The smallest absolute Gasteiger partial charge is 0.236 e. The van der Waals surface area contributed by atoms with E-state index < -0.39 is 6.10 Å². The fraction of sp³-hybridized carbons (Fsp3) is 0.833.